The summed E-state index contributed by atoms with van der Waals surface area (Å²) in [7, 11) is 0. The lowest BCUT2D eigenvalue weighted by Crippen LogP contribution is -2.38. The quantitative estimate of drug-likeness (QED) is 0.680. The van der Waals surface area contributed by atoms with E-state index in [1.807, 2.05) is 24.4 Å². The molecule has 2 aliphatic heterocycles. The Morgan fingerprint density at radius 1 is 0.793 bits per heavy atom. The number of morpholine rings is 2. The van der Waals surface area contributed by atoms with Crippen molar-refractivity contribution in [3.63, 3.8) is 0 Å². The summed E-state index contributed by atoms with van der Waals surface area (Å²) in [4.78, 5) is 9.39. The summed E-state index contributed by atoms with van der Waals surface area (Å²) >= 11 is 0. The normalized spacial score (nSPS) is 17.7. The number of hydrogen-bond acceptors (Lipinski definition) is 7. The van der Waals surface area contributed by atoms with Gasteiger partial charge in [-0.25, -0.2) is 0 Å². The number of rotatable bonds is 3. The molecular formula is C22H25N5O2. The number of aromatic nitrogens is 3. The first-order valence-electron chi connectivity index (χ1n) is 10.2. The molecular weight excluding hydrogens is 366 g/mol. The van der Waals surface area contributed by atoms with Gasteiger partial charge < -0.3 is 19.3 Å². The number of aryl methyl sites for hydroxylation is 1. The fourth-order valence-corrected chi connectivity index (χ4v) is 4.16. The predicted octanol–water partition coefficient (Wildman–Crippen LogP) is 2.67. The van der Waals surface area contributed by atoms with Crippen molar-refractivity contribution < 1.29 is 9.47 Å². The molecule has 2 fully saturated rings. The van der Waals surface area contributed by atoms with Crippen LogP contribution in [0.25, 0.3) is 22.0 Å². The number of ether oxygens (including phenoxy) is 2. The average molecular weight is 391 g/mol. The second-order valence-electron chi connectivity index (χ2n) is 7.43. The minimum absolute atomic E-state index is 0.711. The summed E-state index contributed by atoms with van der Waals surface area (Å²) in [6.45, 7) is 8.28. The van der Waals surface area contributed by atoms with Gasteiger partial charge in [-0.3, -0.25) is 4.98 Å². The summed E-state index contributed by atoms with van der Waals surface area (Å²) in [6.07, 6.45) is 1.97. The van der Waals surface area contributed by atoms with Crippen LogP contribution in [-0.2, 0) is 9.47 Å². The molecule has 1 aromatic carbocycles. The van der Waals surface area contributed by atoms with Gasteiger partial charge in [0.15, 0.2) is 11.6 Å². The van der Waals surface area contributed by atoms with E-state index in [0.717, 1.165) is 65.4 Å². The molecule has 29 heavy (non-hydrogen) atoms. The zero-order valence-electron chi connectivity index (χ0n) is 16.7. The zero-order valence-corrected chi connectivity index (χ0v) is 16.7. The molecule has 0 saturated carbocycles. The second kappa shape index (κ2) is 7.93. The zero-order chi connectivity index (χ0) is 19.6. The van der Waals surface area contributed by atoms with Gasteiger partial charge in [0.25, 0.3) is 0 Å². The maximum Gasteiger partial charge on any atom is 0.161 e. The first-order chi connectivity index (χ1) is 14.3. The van der Waals surface area contributed by atoms with Crippen LogP contribution in [0.1, 0.15) is 5.56 Å². The van der Waals surface area contributed by atoms with Crippen molar-refractivity contribution in [1.82, 2.24) is 15.2 Å². The van der Waals surface area contributed by atoms with E-state index < -0.39 is 0 Å². The molecule has 0 atom stereocenters. The highest BCUT2D eigenvalue weighted by atomic mass is 16.5. The van der Waals surface area contributed by atoms with Crippen molar-refractivity contribution >= 4 is 22.4 Å². The van der Waals surface area contributed by atoms with E-state index in [1.54, 1.807) is 0 Å². The summed E-state index contributed by atoms with van der Waals surface area (Å²) in [6, 6.07) is 10.3. The molecule has 0 unspecified atom stereocenters. The summed E-state index contributed by atoms with van der Waals surface area (Å²) in [5.74, 6) is 1.83. The predicted molar refractivity (Wildman–Crippen MR) is 114 cm³/mol. The monoisotopic (exact) mass is 391 g/mol. The first kappa shape index (κ1) is 18.3. The fraction of sp³-hybridized carbons (Fsp3) is 0.409. The molecule has 7 heteroatoms. The van der Waals surface area contributed by atoms with Crippen LogP contribution in [0.15, 0.2) is 36.5 Å². The standard InChI is InChI=1S/C22H25N5O2/c1-16-19-18(15-23-20(16)17-5-3-2-4-6-17)21(26-7-11-28-12-8-26)24-25-22(19)27-9-13-29-14-10-27/h2-6,15H,7-14H2,1H3. The largest absolute Gasteiger partial charge is 0.378 e. The van der Waals surface area contributed by atoms with Gasteiger partial charge in [-0.2, -0.15) is 0 Å². The number of nitrogens with zero attached hydrogens (tertiary/aromatic N) is 5. The number of pyridine rings is 1. The molecule has 5 rings (SSSR count). The van der Waals surface area contributed by atoms with Crippen molar-refractivity contribution in [1.29, 1.82) is 0 Å². The van der Waals surface area contributed by atoms with Gasteiger partial charge in [0.05, 0.1) is 32.1 Å². The smallest absolute Gasteiger partial charge is 0.161 e. The average Bonchev–Trinajstić information content (AvgIpc) is 2.80. The Morgan fingerprint density at radius 3 is 2.03 bits per heavy atom. The minimum atomic E-state index is 0.711. The second-order valence-corrected chi connectivity index (χ2v) is 7.43. The lowest BCUT2D eigenvalue weighted by molar-refractivity contribution is 0.122. The molecule has 0 bridgehead atoms. The Balaban J connectivity index is 1.71. The van der Waals surface area contributed by atoms with E-state index in [0.29, 0.717) is 26.4 Å². The van der Waals surface area contributed by atoms with Gasteiger partial charge >= 0.3 is 0 Å². The third-order valence-electron chi connectivity index (χ3n) is 5.69. The van der Waals surface area contributed by atoms with Gasteiger partial charge in [0.1, 0.15) is 0 Å². The van der Waals surface area contributed by atoms with Crippen LogP contribution in [0.3, 0.4) is 0 Å². The molecule has 2 aromatic heterocycles. The third kappa shape index (κ3) is 3.41. The van der Waals surface area contributed by atoms with Crippen molar-refractivity contribution in [2.24, 2.45) is 0 Å². The van der Waals surface area contributed by atoms with E-state index in [2.05, 4.69) is 34.0 Å². The van der Waals surface area contributed by atoms with Crippen LogP contribution in [-0.4, -0.2) is 67.8 Å². The van der Waals surface area contributed by atoms with E-state index in [4.69, 9.17) is 19.6 Å². The van der Waals surface area contributed by atoms with Gasteiger partial charge in [-0.05, 0) is 12.5 Å². The highest BCUT2D eigenvalue weighted by Gasteiger charge is 2.24. The van der Waals surface area contributed by atoms with Gasteiger partial charge in [-0.15, -0.1) is 10.2 Å². The van der Waals surface area contributed by atoms with Crippen molar-refractivity contribution in [3.8, 4) is 11.3 Å². The highest BCUT2D eigenvalue weighted by Crippen LogP contribution is 2.36. The highest BCUT2D eigenvalue weighted by molar-refractivity contribution is 6.02. The molecule has 2 saturated heterocycles. The Hall–Kier alpha value is -2.77. The SMILES string of the molecule is Cc1c(-c2ccccc2)ncc2c(N3CCOCC3)nnc(N3CCOCC3)c12. The number of benzene rings is 1. The van der Waals surface area contributed by atoms with Crippen LogP contribution in [0.5, 0.6) is 0 Å². The minimum Gasteiger partial charge on any atom is -0.378 e. The summed E-state index contributed by atoms with van der Waals surface area (Å²) in [5.41, 5.74) is 3.25. The molecule has 2 aliphatic rings. The van der Waals surface area contributed by atoms with Gasteiger partial charge in [-0.1, -0.05) is 30.3 Å². The van der Waals surface area contributed by atoms with E-state index in [-0.39, 0.29) is 0 Å². The third-order valence-corrected chi connectivity index (χ3v) is 5.69. The Kier molecular flexibility index (Phi) is 4.99. The van der Waals surface area contributed by atoms with Crippen molar-refractivity contribution in [2.75, 3.05) is 62.4 Å². The van der Waals surface area contributed by atoms with Crippen LogP contribution in [0.2, 0.25) is 0 Å². The molecule has 0 aliphatic carbocycles. The van der Waals surface area contributed by atoms with E-state index in [1.165, 1.54) is 0 Å². The van der Waals surface area contributed by atoms with E-state index >= 15 is 0 Å². The Bertz CT molecular complexity index is 999. The Morgan fingerprint density at radius 2 is 1.38 bits per heavy atom. The molecule has 0 radical (unpaired) electrons. The molecule has 0 N–H and O–H groups in total. The van der Waals surface area contributed by atoms with Crippen LogP contribution >= 0.6 is 0 Å². The molecule has 0 spiro atoms. The number of hydrogen-bond donors (Lipinski definition) is 0. The molecule has 4 heterocycles. The Labute approximate surface area is 170 Å². The lowest BCUT2D eigenvalue weighted by Gasteiger charge is -2.31. The first-order valence-corrected chi connectivity index (χ1v) is 10.2. The van der Waals surface area contributed by atoms with Crippen molar-refractivity contribution in [3.05, 3.63) is 42.1 Å². The van der Waals surface area contributed by atoms with Crippen LogP contribution in [0, 0.1) is 6.92 Å². The number of fused-ring (bicyclic) bond motifs is 1. The van der Waals surface area contributed by atoms with Crippen molar-refractivity contribution in [2.45, 2.75) is 6.92 Å². The fourth-order valence-electron chi connectivity index (χ4n) is 4.16. The topological polar surface area (TPSA) is 63.6 Å². The maximum atomic E-state index is 5.55. The maximum absolute atomic E-state index is 5.55. The van der Waals surface area contributed by atoms with E-state index in [9.17, 15) is 0 Å². The van der Waals surface area contributed by atoms with Gasteiger partial charge in [0, 0.05) is 48.7 Å². The molecule has 3 aromatic rings. The molecule has 150 valence electrons. The molecule has 7 nitrogen and oxygen atoms in total. The summed E-state index contributed by atoms with van der Waals surface area (Å²) < 4.78 is 11.1. The molecule has 0 amide bonds. The van der Waals surface area contributed by atoms with Gasteiger partial charge in [0.2, 0.25) is 0 Å². The lowest BCUT2D eigenvalue weighted by atomic mass is 10.0. The number of anilines is 2. The van der Waals surface area contributed by atoms with Crippen LogP contribution in [0.4, 0.5) is 11.6 Å². The summed E-state index contributed by atoms with van der Waals surface area (Å²) in [5, 5.41) is 11.6. The van der Waals surface area contributed by atoms with Crippen LogP contribution < -0.4 is 9.80 Å².